The van der Waals surface area contributed by atoms with E-state index in [4.69, 9.17) is 4.74 Å². The number of nitrogens with one attached hydrogen (secondary N) is 1. The lowest BCUT2D eigenvalue weighted by atomic mass is 9.86. The Hall–Kier alpha value is -1.18. The van der Waals surface area contributed by atoms with Gasteiger partial charge in [0.15, 0.2) is 0 Å². The molecule has 4 heteroatoms. The normalized spacial score (nSPS) is 24.7. The summed E-state index contributed by atoms with van der Waals surface area (Å²) in [4.78, 5) is 1.18. The molecule has 1 aliphatic rings. The van der Waals surface area contributed by atoms with Crippen molar-refractivity contribution in [2.45, 2.75) is 43.0 Å². The van der Waals surface area contributed by atoms with Crippen LogP contribution in [0, 0.1) is 17.2 Å². The zero-order chi connectivity index (χ0) is 15.1. The second-order valence-electron chi connectivity index (χ2n) is 5.49. The number of ether oxygens (including phenoxy) is 1. The molecule has 21 heavy (non-hydrogen) atoms. The highest BCUT2D eigenvalue weighted by Crippen LogP contribution is 2.39. The van der Waals surface area contributed by atoms with Crippen molar-refractivity contribution < 1.29 is 4.74 Å². The van der Waals surface area contributed by atoms with E-state index in [0.29, 0.717) is 5.92 Å². The van der Waals surface area contributed by atoms with Crippen LogP contribution in [0.1, 0.15) is 32.6 Å². The van der Waals surface area contributed by atoms with Crippen LogP contribution < -0.4 is 10.1 Å². The average molecular weight is 304 g/mol. The third kappa shape index (κ3) is 3.72. The Balaban J connectivity index is 1.92. The van der Waals surface area contributed by atoms with Gasteiger partial charge in [0.1, 0.15) is 11.3 Å². The summed E-state index contributed by atoms with van der Waals surface area (Å²) >= 11 is 1.83. The third-order valence-electron chi connectivity index (χ3n) is 4.31. The van der Waals surface area contributed by atoms with Crippen LogP contribution in [0.15, 0.2) is 29.2 Å². The van der Waals surface area contributed by atoms with Gasteiger partial charge in [0, 0.05) is 4.90 Å². The molecule has 0 saturated heterocycles. The molecule has 0 aliphatic heterocycles. The van der Waals surface area contributed by atoms with E-state index in [2.05, 4.69) is 24.4 Å². The van der Waals surface area contributed by atoms with E-state index in [1.54, 1.807) is 7.11 Å². The van der Waals surface area contributed by atoms with Crippen molar-refractivity contribution in [2.24, 2.45) is 5.92 Å². The highest BCUT2D eigenvalue weighted by Gasteiger charge is 2.41. The van der Waals surface area contributed by atoms with Gasteiger partial charge in [-0.2, -0.15) is 5.26 Å². The van der Waals surface area contributed by atoms with Crippen molar-refractivity contribution >= 4 is 11.8 Å². The van der Waals surface area contributed by atoms with E-state index < -0.39 is 0 Å². The maximum Gasteiger partial charge on any atom is 0.132 e. The number of rotatable bonds is 7. The molecule has 0 heterocycles. The Morgan fingerprint density at radius 3 is 3.00 bits per heavy atom. The van der Waals surface area contributed by atoms with E-state index in [1.165, 1.54) is 4.90 Å². The molecule has 1 aliphatic carbocycles. The summed E-state index contributed by atoms with van der Waals surface area (Å²) in [5.74, 6) is 2.43. The molecule has 1 aromatic carbocycles. The number of benzene rings is 1. The van der Waals surface area contributed by atoms with E-state index in [0.717, 1.165) is 43.7 Å². The fraction of sp³-hybridized carbons (Fsp3) is 0.588. The molecular weight excluding hydrogens is 280 g/mol. The minimum Gasteiger partial charge on any atom is -0.496 e. The van der Waals surface area contributed by atoms with Crippen molar-refractivity contribution in [3.8, 4) is 11.8 Å². The highest BCUT2D eigenvalue weighted by molar-refractivity contribution is 7.99. The van der Waals surface area contributed by atoms with E-state index in [9.17, 15) is 5.26 Å². The fourth-order valence-electron chi connectivity index (χ4n) is 3.25. The smallest absolute Gasteiger partial charge is 0.132 e. The first-order valence-corrected chi connectivity index (χ1v) is 8.66. The number of para-hydroxylation sites is 1. The lowest BCUT2D eigenvalue weighted by Crippen LogP contribution is -2.47. The summed E-state index contributed by atoms with van der Waals surface area (Å²) in [5.41, 5.74) is -0.296. The van der Waals surface area contributed by atoms with Crippen LogP contribution in [-0.2, 0) is 0 Å². The van der Waals surface area contributed by atoms with Crippen molar-refractivity contribution in [3.05, 3.63) is 24.3 Å². The zero-order valence-corrected chi connectivity index (χ0v) is 13.7. The molecule has 0 aromatic heterocycles. The van der Waals surface area contributed by atoms with Gasteiger partial charge in [-0.3, -0.25) is 5.32 Å². The van der Waals surface area contributed by atoms with Crippen LogP contribution in [0.5, 0.6) is 5.75 Å². The quantitative estimate of drug-likeness (QED) is 0.777. The Labute approximate surface area is 132 Å². The lowest BCUT2D eigenvalue weighted by molar-refractivity contribution is 0.317. The summed E-state index contributed by atoms with van der Waals surface area (Å²) < 4.78 is 5.38. The largest absolute Gasteiger partial charge is 0.496 e. The monoisotopic (exact) mass is 304 g/mol. The molecule has 1 saturated carbocycles. The molecule has 2 unspecified atom stereocenters. The van der Waals surface area contributed by atoms with Crippen molar-refractivity contribution in [1.29, 1.82) is 5.26 Å². The van der Waals surface area contributed by atoms with Gasteiger partial charge in [0.2, 0.25) is 0 Å². The molecule has 0 amide bonds. The van der Waals surface area contributed by atoms with Crippen LogP contribution in [-0.4, -0.2) is 24.9 Å². The van der Waals surface area contributed by atoms with Gasteiger partial charge in [-0.1, -0.05) is 25.5 Å². The first-order chi connectivity index (χ1) is 10.3. The Morgan fingerprint density at radius 1 is 1.48 bits per heavy atom. The highest BCUT2D eigenvalue weighted by atomic mass is 32.2. The van der Waals surface area contributed by atoms with Crippen molar-refractivity contribution in [3.63, 3.8) is 0 Å². The number of hydrogen-bond acceptors (Lipinski definition) is 4. The second-order valence-corrected chi connectivity index (χ2v) is 6.63. The second kappa shape index (κ2) is 7.72. The molecule has 2 rings (SSSR count). The maximum absolute atomic E-state index is 9.58. The topological polar surface area (TPSA) is 45.0 Å². The van der Waals surface area contributed by atoms with E-state index in [1.807, 2.05) is 30.0 Å². The first-order valence-electron chi connectivity index (χ1n) is 7.68. The molecule has 0 radical (unpaired) electrons. The van der Waals surface area contributed by atoms with E-state index in [-0.39, 0.29) is 5.54 Å². The summed E-state index contributed by atoms with van der Waals surface area (Å²) in [6, 6.07) is 10.7. The first kappa shape index (κ1) is 16.2. The Bertz CT molecular complexity index is 500. The van der Waals surface area contributed by atoms with E-state index >= 15 is 0 Å². The maximum atomic E-state index is 9.58. The van der Waals surface area contributed by atoms with Crippen molar-refractivity contribution in [1.82, 2.24) is 5.32 Å². The van der Waals surface area contributed by atoms with Crippen LogP contribution in [0.3, 0.4) is 0 Å². The standard InChI is InChI=1S/C17H24N2OS/c1-3-19-17(13-18)11-6-7-14(17)10-12-21-16-9-5-4-8-15(16)20-2/h4-5,8-9,14,19H,3,6-7,10-12H2,1-2H3. The molecule has 3 nitrogen and oxygen atoms in total. The van der Waals surface area contributed by atoms with Crippen LogP contribution in [0.4, 0.5) is 0 Å². The number of nitrogens with zero attached hydrogens (tertiary/aromatic N) is 1. The van der Waals surface area contributed by atoms with Gasteiger partial charge in [-0.25, -0.2) is 0 Å². The minimum atomic E-state index is -0.296. The number of nitriles is 1. The molecule has 1 fully saturated rings. The molecule has 1 N–H and O–H groups in total. The third-order valence-corrected chi connectivity index (χ3v) is 5.39. The van der Waals surface area contributed by atoms with Gasteiger partial charge in [0.25, 0.3) is 0 Å². The summed E-state index contributed by atoms with van der Waals surface area (Å²) in [6.45, 7) is 2.95. The van der Waals surface area contributed by atoms with Gasteiger partial charge in [-0.05, 0) is 49.6 Å². The van der Waals surface area contributed by atoms with Crippen molar-refractivity contribution in [2.75, 3.05) is 19.4 Å². The van der Waals surface area contributed by atoms with Crippen LogP contribution >= 0.6 is 11.8 Å². The SMILES string of the molecule is CCNC1(C#N)CCCC1CCSc1ccccc1OC. The van der Waals surface area contributed by atoms with Gasteiger partial charge >= 0.3 is 0 Å². The molecule has 114 valence electrons. The fourth-order valence-corrected chi connectivity index (χ4v) is 4.34. The summed E-state index contributed by atoms with van der Waals surface area (Å²) in [7, 11) is 1.71. The molecule has 0 spiro atoms. The molecule has 1 aromatic rings. The lowest BCUT2D eigenvalue weighted by Gasteiger charge is -2.29. The number of methoxy groups -OCH3 is 1. The predicted octanol–water partition coefficient (Wildman–Crippen LogP) is 3.85. The molecular formula is C17H24N2OS. The average Bonchev–Trinajstić information content (AvgIpc) is 2.91. The Morgan fingerprint density at radius 2 is 2.29 bits per heavy atom. The van der Waals surface area contributed by atoms with Gasteiger partial charge in [-0.15, -0.1) is 11.8 Å². The zero-order valence-electron chi connectivity index (χ0n) is 12.9. The van der Waals surface area contributed by atoms with Crippen LogP contribution in [0.25, 0.3) is 0 Å². The minimum absolute atomic E-state index is 0.296. The molecule has 0 bridgehead atoms. The molecule has 2 atom stereocenters. The summed E-state index contributed by atoms with van der Waals surface area (Å²) in [6.07, 6.45) is 4.38. The van der Waals surface area contributed by atoms with Crippen LogP contribution in [0.2, 0.25) is 0 Å². The Kier molecular flexibility index (Phi) is 5.96. The number of hydrogen-bond donors (Lipinski definition) is 1. The predicted molar refractivity (Wildman–Crippen MR) is 87.7 cm³/mol. The van der Waals surface area contributed by atoms with Gasteiger partial charge in [0.05, 0.1) is 13.2 Å². The number of thioether (sulfide) groups is 1. The summed E-state index contributed by atoms with van der Waals surface area (Å²) in [5, 5.41) is 13.0. The van der Waals surface area contributed by atoms with Gasteiger partial charge < -0.3 is 4.74 Å².